The number of rotatable bonds is 5. The Balaban J connectivity index is 2.03. The molecular formula is C21H17ClF2N2O4. The number of aromatic amines is 1. The smallest absolute Gasteiger partial charge is 0.387 e. The first-order valence-corrected chi connectivity index (χ1v) is 9.13. The van der Waals surface area contributed by atoms with Gasteiger partial charge < -0.3 is 14.5 Å². The van der Waals surface area contributed by atoms with Gasteiger partial charge >= 0.3 is 12.6 Å². The van der Waals surface area contributed by atoms with E-state index in [1.54, 1.807) is 32.1 Å². The van der Waals surface area contributed by atoms with Gasteiger partial charge in [0.25, 0.3) is 5.56 Å². The first kappa shape index (κ1) is 21.4. The van der Waals surface area contributed by atoms with Crippen molar-refractivity contribution in [3.63, 3.8) is 0 Å². The van der Waals surface area contributed by atoms with E-state index in [9.17, 15) is 18.4 Å². The van der Waals surface area contributed by atoms with Crippen LogP contribution in [0.4, 0.5) is 8.78 Å². The molecule has 0 fully saturated rings. The van der Waals surface area contributed by atoms with Crippen molar-refractivity contribution in [2.45, 2.75) is 20.5 Å². The number of aryl methyl sites for hydroxylation is 2. The molecule has 0 saturated carbocycles. The van der Waals surface area contributed by atoms with E-state index in [0.29, 0.717) is 16.7 Å². The summed E-state index contributed by atoms with van der Waals surface area (Å²) in [6, 6.07) is 7.64. The molecule has 0 aliphatic carbocycles. The third-order valence-corrected chi connectivity index (χ3v) is 4.62. The average molecular weight is 435 g/mol. The Morgan fingerprint density at radius 2 is 1.87 bits per heavy atom. The predicted octanol–water partition coefficient (Wildman–Crippen LogP) is 4.66. The normalized spacial score (nSPS) is 11.8. The fourth-order valence-electron chi connectivity index (χ4n) is 3.05. The third-order valence-electron chi connectivity index (χ3n) is 4.34. The van der Waals surface area contributed by atoms with E-state index < -0.39 is 18.1 Å². The van der Waals surface area contributed by atoms with Gasteiger partial charge in [0.05, 0.1) is 28.6 Å². The molecule has 1 N–H and O–H groups in total. The molecule has 6 nitrogen and oxygen atoms in total. The number of H-pyrrole nitrogens is 1. The van der Waals surface area contributed by atoms with Gasteiger partial charge in [0, 0.05) is 0 Å². The van der Waals surface area contributed by atoms with Gasteiger partial charge in [-0.2, -0.15) is 8.78 Å². The van der Waals surface area contributed by atoms with Crippen LogP contribution < -0.4 is 10.3 Å². The summed E-state index contributed by atoms with van der Waals surface area (Å²) >= 11 is 6.36. The number of esters is 1. The fraction of sp³-hybridized carbons (Fsp3) is 0.190. The lowest BCUT2D eigenvalue weighted by Gasteiger charge is -2.12. The number of halogens is 3. The van der Waals surface area contributed by atoms with Crippen LogP contribution in [0.25, 0.3) is 22.0 Å². The number of alkyl halides is 2. The second kappa shape index (κ2) is 8.62. The Morgan fingerprint density at radius 1 is 1.20 bits per heavy atom. The van der Waals surface area contributed by atoms with E-state index in [-0.39, 0.29) is 33.1 Å². The van der Waals surface area contributed by atoms with Crippen LogP contribution in [0.2, 0.25) is 0 Å². The molecule has 3 rings (SSSR count). The van der Waals surface area contributed by atoms with Gasteiger partial charge in [-0.15, -0.1) is 0 Å². The highest BCUT2D eigenvalue weighted by atomic mass is 35.5. The van der Waals surface area contributed by atoms with Crippen molar-refractivity contribution in [3.8, 4) is 5.75 Å². The predicted molar refractivity (Wildman–Crippen MR) is 110 cm³/mol. The molecule has 0 atom stereocenters. The average Bonchev–Trinajstić information content (AvgIpc) is 2.69. The largest absolute Gasteiger partial charge is 0.465 e. The molecule has 1 heterocycles. The zero-order valence-corrected chi connectivity index (χ0v) is 17.0. The molecular weight excluding hydrogens is 418 g/mol. The minimum Gasteiger partial charge on any atom is -0.465 e. The molecule has 0 amide bonds. The molecule has 3 aromatic rings. The van der Waals surface area contributed by atoms with Gasteiger partial charge in [0.1, 0.15) is 5.75 Å². The van der Waals surface area contributed by atoms with Gasteiger partial charge in [-0.1, -0.05) is 11.6 Å². The van der Waals surface area contributed by atoms with Crippen molar-refractivity contribution < 1.29 is 23.0 Å². The standard InChI is InChI=1S/C21H17ClF2N2O4/c1-10-6-12(7-11(2)17(10)30-21(23)24)8-15(22)18-25-16-9-13(20(28)29-3)4-5-14(16)19(27)26-18/h4-9,21H,1-3H3,(H,25,26,27). The van der Waals surface area contributed by atoms with E-state index >= 15 is 0 Å². The lowest BCUT2D eigenvalue weighted by Crippen LogP contribution is -2.11. The van der Waals surface area contributed by atoms with Gasteiger partial charge in [0.2, 0.25) is 0 Å². The molecule has 9 heteroatoms. The minimum absolute atomic E-state index is 0.0967. The summed E-state index contributed by atoms with van der Waals surface area (Å²) in [5.41, 5.74) is 1.72. The van der Waals surface area contributed by atoms with Crippen molar-refractivity contribution in [2.24, 2.45) is 0 Å². The summed E-state index contributed by atoms with van der Waals surface area (Å²) in [6.07, 6.45) is 1.54. The number of ether oxygens (including phenoxy) is 2. The Morgan fingerprint density at radius 3 is 2.47 bits per heavy atom. The molecule has 0 radical (unpaired) electrons. The van der Waals surface area contributed by atoms with Crippen LogP contribution >= 0.6 is 11.6 Å². The Hall–Kier alpha value is -3.26. The first-order valence-electron chi connectivity index (χ1n) is 8.75. The summed E-state index contributed by atoms with van der Waals surface area (Å²) in [6.45, 7) is 0.357. The minimum atomic E-state index is -2.92. The highest BCUT2D eigenvalue weighted by Crippen LogP contribution is 2.29. The van der Waals surface area contributed by atoms with Crippen molar-refractivity contribution >= 4 is 39.6 Å². The van der Waals surface area contributed by atoms with Crippen molar-refractivity contribution in [1.29, 1.82) is 0 Å². The molecule has 30 heavy (non-hydrogen) atoms. The van der Waals surface area contributed by atoms with E-state index in [1.807, 2.05) is 0 Å². The Labute approximate surface area is 175 Å². The quantitative estimate of drug-likeness (QED) is 0.590. The lowest BCUT2D eigenvalue weighted by atomic mass is 10.1. The zero-order valence-electron chi connectivity index (χ0n) is 16.3. The van der Waals surface area contributed by atoms with Gasteiger partial charge in [-0.05, 0) is 66.9 Å². The summed E-state index contributed by atoms with van der Waals surface area (Å²) in [4.78, 5) is 31.0. The number of nitrogens with zero attached hydrogens (tertiary/aromatic N) is 1. The summed E-state index contributed by atoms with van der Waals surface area (Å²) in [5, 5.41) is 0.412. The van der Waals surface area contributed by atoms with Crippen LogP contribution in [-0.4, -0.2) is 29.7 Å². The second-order valence-electron chi connectivity index (χ2n) is 6.49. The Bertz CT molecular complexity index is 1200. The van der Waals surface area contributed by atoms with Gasteiger partial charge in [-0.25, -0.2) is 9.78 Å². The van der Waals surface area contributed by atoms with Crippen LogP contribution in [0.3, 0.4) is 0 Å². The number of nitrogens with one attached hydrogen (secondary N) is 1. The maximum atomic E-state index is 12.6. The number of hydrogen-bond donors (Lipinski definition) is 1. The molecule has 0 aliphatic rings. The number of benzene rings is 2. The highest BCUT2D eigenvalue weighted by Gasteiger charge is 2.13. The third kappa shape index (κ3) is 4.49. The molecule has 0 spiro atoms. The molecule has 0 bridgehead atoms. The molecule has 2 aromatic carbocycles. The van der Waals surface area contributed by atoms with Gasteiger partial charge in [0.15, 0.2) is 5.82 Å². The monoisotopic (exact) mass is 434 g/mol. The maximum absolute atomic E-state index is 12.6. The molecule has 0 aliphatic heterocycles. The second-order valence-corrected chi connectivity index (χ2v) is 6.90. The fourth-order valence-corrected chi connectivity index (χ4v) is 3.27. The van der Waals surface area contributed by atoms with Crippen molar-refractivity contribution in [3.05, 3.63) is 68.8 Å². The van der Waals surface area contributed by atoms with Gasteiger partial charge in [-0.3, -0.25) is 4.79 Å². The van der Waals surface area contributed by atoms with Crippen LogP contribution in [0.15, 0.2) is 35.1 Å². The number of methoxy groups -OCH3 is 1. The topological polar surface area (TPSA) is 81.3 Å². The number of carbonyl (C=O) groups is 1. The lowest BCUT2D eigenvalue weighted by molar-refractivity contribution is -0.0507. The van der Waals surface area contributed by atoms with E-state index in [0.717, 1.165) is 0 Å². The van der Waals surface area contributed by atoms with E-state index in [2.05, 4.69) is 19.4 Å². The summed E-state index contributed by atoms with van der Waals surface area (Å²) in [5.74, 6) is -0.357. The van der Waals surface area contributed by atoms with Crippen LogP contribution in [0, 0.1) is 13.8 Å². The summed E-state index contributed by atoms with van der Waals surface area (Å²) in [7, 11) is 1.25. The number of fused-ring (bicyclic) bond motifs is 1. The summed E-state index contributed by atoms with van der Waals surface area (Å²) < 4.78 is 34.3. The SMILES string of the molecule is COC(=O)c1ccc2c(=O)[nH]c(C(Cl)=Cc3cc(C)c(OC(F)F)c(C)c3)nc2c1. The molecule has 0 unspecified atom stereocenters. The molecule has 0 saturated heterocycles. The van der Waals surface area contributed by atoms with Crippen molar-refractivity contribution in [2.75, 3.05) is 7.11 Å². The van der Waals surface area contributed by atoms with Crippen LogP contribution in [0.5, 0.6) is 5.75 Å². The van der Waals surface area contributed by atoms with Crippen LogP contribution in [-0.2, 0) is 4.74 Å². The van der Waals surface area contributed by atoms with Crippen LogP contribution in [0.1, 0.15) is 32.9 Å². The maximum Gasteiger partial charge on any atom is 0.387 e. The Kier molecular flexibility index (Phi) is 6.17. The highest BCUT2D eigenvalue weighted by molar-refractivity contribution is 6.50. The zero-order chi connectivity index (χ0) is 22.0. The molecule has 1 aromatic heterocycles. The van der Waals surface area contributed by atoms with E-state index in [4.69, 9.17) is 11.6 Å². The number of hydrogen-bond acceptors (Lipinski definition) is 5. The number of carbonyl (C=O) groups excluding carboxylic acids is 1. The molecule has 156 valence electrons. The van der Waals surface area contributed by atoms with E-state index in [1.165, 1.54) is 25.3 Å². The first-order chi connectivity index (χ1) is 14.2. The van der Waals surface area contributed by atoms with Crippen molar-refractivity contribution in [1.82, 2.24) is 9.97 Å². The number of aromatic nitrogens is 2.